The molecule has 1 aromatic rings. The fourth-order valence-corrected chi connectivity index (χ4v) is 2.39. The Morgan fingerprint density at radius 1 is 1.58 bits per heavy atom. The summed E-state index contributed by atoms with van der Waals surface area (Å²) in [5.74, 6) is 0. The number of nitrogens with zero attached hydrogens (tertiary/aromatic N) is 2. The lowest BCUT2D eigenvalue weighted by atomic mass is 10.1. The number of aromatic nitrogens is 1. The standard InChI is InChI=1S/C9H14N2S/c1-7(2)11-4-3-8-5-10-12-9(8)6-11/h5,7H,3-4,6H2,1-2H3. The molecule has 12 heavy (non-hydrogen) atoms. The first-order valence-corrected chi connectivity index (χ1v) is 5.21. The normalized spacial score (nSPS) is 18.2. The third-order valence-electron chi connectivity index (χ3n) is 2.47. The van der Waals surface area contributed by atoms with E-state index < -0.39 is 0 Å². The topological polar surface area (TPSA) is 16.1 Å². The van der Waals surface area contributed by atoms with Crippen molar-refractivity contribution in [1.82, 2.24) is 9.27 Å². The Labute approximate surface area is 77.4 Å². The Bertz CT molecular complexity index is 267. The molecule has 1 aromatic heterocycles. The van der Waals surface area contributed by atoms with Crippen LogP contribution in [-0.4, -0.2) is 21.9 Å². The molecule has 0 fully saturated rings. The van der Waals surface area contributed by atoms with E-state index in [1.165, 1.54) is 23.4 Å². The minimum Gasteiger partial charge on any atom is -0.295 e. The van der Waals surface area contributed by atoms with Gasteiger partial charge in [-0.15, -0.1) is 0 Å². The molecule has 2 rings (SSSR count). The summed E-state index contributed by atoms with van der Waals surface area (Å²) in [5.41, 5.74) is 1.47. The molecule has 0 spiro atoms. The molecule has 0 amide bonds. The lowest BCUT2D eigenvalue weighted by molar-refractivity contribution is 0.206. The smallest absolute Gasteiger partial charge is 0.0442 e. The van der Waals surface area contributed by atoms with Crippen LogP contribution in [0.3, 0.4) is 0 Å². The van der Waals surface area contributed by atoms with E-state index in [0.29, 0.717) is 6.04 Å². The lowest BCUT2D eigenvalue weighted by Gasteiger charge is -2.29. The van der Waals surface area contributed by atoms with E-state index in [-0.39, 0.29) is 0 Å². The van der Waals surface area contributed by atoms with Crippen LogP contribution in [0.2, 0.25) is 0 Å². The Hall–Kier alpha value is -0.410. The molecule has 1 aliphatic rings. The number of fused-ring (bicyclic) bond motifs is 1. The molecule has 0 unspecified atom stereocenters. The highest BCUT2D eigenvalue weighted by Gasteiger charge is 2.19. The molecule has 66 valence electrons. The molecule has 3 heteroatoms. The number of hydrogen-bond acceptors (Lipinski definition) is 3. The minimum atomic E-state index is 0.667. The Morgan fingerprint density at radius 3 is 3.17 bits per heavy atom. The van der Waals surface area contributed by atoms with Crippen LogP contribution in [0, 0.1) is 0 Å². The van der Waals surface area contributed by atoms with E-state index in [2.05, 4.69) is 23.1 Å². The average Bonchev–Trinajstić information content (AvgIpc) is 2.49. The molecule has 2 nitrogen and oxygen atoms in total. The third-order valence-corrected chi connectivity index (χ3v) is 3.30. The number of hydrogen-bond donors (Lipinski definition) is 0. The molecular formula is C9H14N2S. The van der Waals surface area contributed by atoms with Crippen LogP contribution in [0.25, 0.3) is 0 Å². The largest absolute Gasteiger partial charge is 0.295 e. The van der Waals surface area contributed by atoms with Crippen molar-refractivity contribution in [3.63, 3.8) is 0 Å². The van der Waals surface area contributed by atoms with Gasteiger partial charge in [0.1, 0.15) is 0 Å². The highest BCUT2D eigenvalue weighted by atomic mass is 32.1. The van der Waals surface area contributed by atoms with Crippen molar-refractivity contribution in [2.75, 3.05) is 6.54 Å². The first-order chi connectivity index (χ1) is 5.77. The van der Waals surface area contributed by atoms with Crippen LogP contribution in [0.5, 0.6) is 0 Å². The predicted molar refractivity (Wildman–Crippen MR) is 51.4 cm³/mol. The van der Waals surface area contributed by atoms with Crippen LogP contribution in [-0.2, 0) is 13.0 Å². The van der Waals surface area contributed by atoms with Gasteiger partial charge >= 0.3 is 0 Å². The number of rotatable bonds is 1. The molecule has 1 aliphatic heterocycles. The van der Waals surface area contributed by atoms with E-state index in [4.69, 9.17) is 0 Å². The minimum absolute atomic E-state index is 0.667. The molecule has 0 bridgehead atoms. The maximum absolute atomic E-state index is 4.21. The van der Waals surface area contributed by atoms with Gasteiger partial charge in [-0.1, -0.05) is 0 Å². The maximum atomic E-state index is 4.21. The van der Waals surface area contributed by atoms with E-state index in [0.717, 1.165) is 6.54 Å². The summed E-state index contributed by atoms with van der Waals surface area (Å²) in [7, 11) is 0. The van der Waals surface area contributed by atoms with Gasteiger partial charge < -0.3 is 0 Å². The van der Waals surface area contributed by atoms with Gasteiger partial charge in [-0.3, -0.25) is 4.90 Å². The average molecular weight is 182 g/mol. The molecule has 0 N–H and O–H groups in total. The molecule has 0 aliphatic carbocycles. The summed E-state index contributed by atoms with van der Waals surface area (Å²) in [5, 5.41) is 0. The Kier molecular flexibility index (Phi) is 2.15. The van der Waals surface area contributed by atoms with Gasteiger partial charge in [0.2, 0.25) is 0 Å². The highest BCUT2D eigenvalue weighted by molar-refractivity contribution is 7.05. The SMILES string of the molecule is CC(C)N1CCc2cnsc2C1. The van der Waals surface area contributed by atoms with E-state index in [1.807, 2.05) is 6.20 Å². The zero-order chi connectivity index (χ0) is 8.55. The van der Waals surface area contributed by atoms with Crippen molar-refractivity contribution in [3.05, 3.63) is 16.6 Å². The second kappa shape index (κ2) is 3.15. The van der Waals surface area contributed by atoms with Crippen molar-refractivity contribution < 1.29 is 0 Å². The quantitative estimate of drug-likeness (QED) is 0.659. The van der Waals surface area contributed by atoms with Gasteiger partial charge in [0, 0.05) is 30.2 Å². The summed E-state index contributed by atoms with van der Waals surface area (Å²) in [6, 6.07) is 0.667. The second-order valence-corrected chi connectivity index (χ2v) is 4.47. The third kappa shape index (κ3) is 1.39. The second-order valence-electron chi connectivity index (χ2n) is 3.59. The lowest BCUT2D eigenvalue weighted by Crippen LogP contribution is -2.35. The first-order valence-electron chi connectivity index (χ1n) is 4.44. The highest BCUT2D eigenvalue weighted by Crippen LogP contribution is 2.22. The van der Waals surface area contributed by atoms with Crippen molar-refractivity contribution in [2.45, 2.75) is 32.9 Å². The van der Waals surface area contributed by atoms with Gasteiger partial charge in [-0.2, -0.15) is 0 Å². The molecule has 0 atom stereocenters. The van der Waals surface area contributed by atoms with Crippen molar-refractivity contribution in [2.24, 2.45) is 0 Å². The fraction of sp³-hybridized carbons (Fsp3) is 0.667. The first kappa shape index (κ1) is 8.20. The van der Waals surface area contributed by atoms with E-state index in [1.54, 1.807) is 11.5 Å². The fourth-order valence-electron chi connectivity index (χ4n) is 1.59. The summed E-state index contributed by atoms with van der Waals surface area (Å²) in [6.07, 6.45) is 3.21. The summed E-state index contributed by atoms with van der Waals surface area (Å²) >= 11 is 1.65. The van der Waals surface area contributed by atoms with Crippen LogP contribution >= 0.6 is 11.5 Å². The van der Waals surface area contributed by atoms with Crippen molar-refractivity contribution >= 4 is 11.5 Å². The summed E-state index contributed by atoms with van der Waals surface area (Å²) < 4.78 is 4.21. The molecular weight excluding hydrogens is 168 g/mol. The van der Waals surface area contributed by atoms with E-state index in [9.17, 15) is 0 Å². The van der Waals surface area contributed by atoms with E-state index >= 15 is 0 Å². The predicted octanol–water partition coefficient (Wildman–Crippen LogP) is 1.91. The van der Waals surface area contributed by atoms with Crippen LogP contribution < -0.4 is 0 Å². The van der Waals surface area contributed by atoms with Gasteiger partial charge in [-0.25, -0.2) is 4.37 Å². The molecule has 0 radical (unpaired) electrons. The molecule has 0 saturated heterocycles. The van der Waals surface area contributed by atoms with Gasteiger partial charge in [0.25, 0.3) is 0 Å². The molecule has 2 heterocycles. The van der Waals surface area contributed by atoms with Gasteiger partial charge in [0.05, 0.1) is 0 Å². The zero-order valence-corrected chi connectivity index (χ0v) is 8.40. The summed E-state index contributed by atoms with van der Waals surface area (Å²) in [4.78, 5) is 3.97. The summed E-state index contributed by atoms with van der Waals surface area (Å²) in [6.45, 7) is 6.82. The van der Waals surface area contributed by atoms with Crippen molar-refractivity contribution in [1.29, 1.82) is 0 Å². The molecule has 0 aromatic carbocycles. The molecule has 0 saturated carbocycles. The van der Waals surface area contributed by atoms with Crippen molar-refractivity contribution in [3.8, 4) is 0 Å². The van der Waals surface area contributed by atoms with Crippen LogP contribution in [0.1, 0.15) is 24.3 Å². The maximum Gasteiger partial charge on any atom is 0.0442 e. The van der Waals surface area contributed by atoms with Crippen LogP contribution in [0.15, 0.2) is 6.20 Å². The zero-order valence-electron chi connectivity index (χ0n) is 7.58. The Morgan fingerprint density at radius 2 is 2.42 bits per heavy atom. The van der Waals surface area contributed by atoms with Crippen LogP contribution in [0.4, 0.5) is 0 Å². The van der Waals surface area contributed by atoms with Gasteiger partial charge in [0.15, 0.2) is 0 Å². The van der Waals surface area contributed by atoms with Gasteiger partial charge in [-0.05, 0) is 37.4 Å². The monoisotopic (exact) mass is 182 g/mol. The Balaban J connectivity index is 2.15.